The Morgan fingerprint density at radius 3 is 2.58 bits per heavy atom. The number of rotatable bonds is 3. The lowest BCUT2D eigenvalue weighted by Crippen LogP contribution is -2.07. The van der Waals surface area contributed by atoms with Crippen LogP contribution in [0.15, 0.2) is 40.9 Å². The van der Waals surface area contributed by atoms with Crippen LogP contribution in [0.4, 0.5) is 4.39 Å². The van der Waals surface area contributed by atoms with Gasteiger partial charge in [-0.3, -0.25) is 4.79 Å². The standard InChI is InChI=1S/C16H14BrFO/c1-10-3-4-11(2)12(7-10)8-16(19)14-6-5-13(17)9-15(14)18/h3-7,9H,8H2,1-2H3. The Balaban J connectivity index is 2.28. The third-order valence-corrected chi connectivity index (χ3v) is 3.58. The van der Waals surface area contributed by atoms with Crippen molar-refractivity contribution < 1.29 is 9.18 Å². The summed E-state index contributed by atoms with van der Waals surface area (Å²) < 4.78 is 14.4. The van der Waals surface area contributed by atoms with Crippen LogP contribution >= 0.6 is 15.9 Å². The number of carbonyl (C=O) groups excluding carboxylic acids is 1. The molecule has 0 bridgehead atoms. The second kappa shape index (κ2) is 5.66. The summed E-state index contributed by atoms with van der Waals surface area (Å²) in [6.07, 6.45) is 0.228. The molecule has 0 aliphatic rings. The Hall–Kier alpha value is -1.48. The largest absolute Gasteiger partial charge is 0.294 e. The molecule has 0 radical (unpaired) electrons. The monoisotopic (exact) mass is 320 g/mol. The van der Waals surface area contributed by atoms with E-state index in [0.717, 1.165) is 16.7 Å². The van der Waals surface area contributed by atoms with Crippen LogP contribution in [0.3, 0.4) is 0 Å². The van der Waals surface area contributed by atoms with E-state index in [0.29, 0.717) is 4.47 Å². The van der Waals surface area contributed by atoms with Gasteiger partial charge in [0.2, 0.25) is 0 Å². The zero-order valence-corrected chi connectivity index (χ0v) is 12.4. The van der Waals surface area contributed by atoms with E-state index in [2.05, 4.69) is 15.9 Å². The van der Waals surface area contributed by atoms with Crippen LogP contribution in [0.1, 0.15) is 27.0 Å². The molecular formula is C16H14BrFO. The van der Waals surface area contributed by atoms with E-state index < -0.39 is 5.82 Å². The SMILES string of the molecule is Cc1ccc(C)c(CC(=O)c2ccc(Br)cc2F)c1. The van der Waals surface area contributed by atoms with E-state index in [1.807, 2.05) is 32.0 Å². The number of hydrogen-bond donors (Lipinski definition) is 0. The Labute approximate surface area is 120 Å². The van der Waals surface area contributed by atoms with Crippen molar-refractivity contribution in [3.8, 4) is 0 Å². The molecule has 98 valence electrons. The summed E-state index contributed by atoms with van der Waals surface area (Å²) in [5, 5.41) is 0. The predicted molar refractivity (Wildman–Crippen MR) is 78.1 cm³/mol. The van der Waals surface area contributed by atoms with Gasteiger partial charge < -0.3 is 0 Å². The van der Waals surface area contributed by atoms with E-state index >= 15 is 0 Å². The van der Waals surface area contributed by atoms with Crippen molar-refractivity contribution in [1.29, 1.82) is 0 Å². The summed E-state index contributed by atoms with van der Waals surface area (Å²) in [5.74, 6) is -0.677. The third-order valence-electron chi connectivity index (χ3n) is 3.09. The molecule has 2 rings (SSSR count). The van der Waals surface area contributed by atoms with Gasteiger partial charge in [-0.05, 0) is 43.2 Å². The third kappa shape index (κ3) is 3.29. The van der Waals surface area contributed by atoms with Crippen molar-refractivity contribution in [1.82, 2.24) is 0 Å². The highest BCUT2D eigenvalue weighted by Gasteiger charge is 2.13. The minimum Gasteiger partial charge on any atom is -0.294 e. The fourth-order valence-corrected chi connectivity index (χ4v) is 2.31. The first kappa shape index (κ1) is 13.9. The highest BCUT2D eigenvalue weighted by Crippen LogP contribution is 2.19. The van der Waals surface area contributed by atoms with Gasteiger partial charge in [-0.25, -0.2) is 4.39 Å². The number of ketones is 1. The lowest BCUT2D eigenvalue weighted by molar-refractivity contribution is 0.0989. The average molecular weight is 321 g/mol. The first-order valence-electron chi connectivity index (χ1n) is 6.02. The van der Waals surface area contributed by atoms with E-state index in [9.17, 15) is 9.18 Å². The zero-order valence-electron chi connectivity index (χ0n) is 10.8. The molecular weight excluding hydrogens is 307 g/mol. The molecule has 0 amide bonds. The summed E-state index contributed by atoms with van der Waals surface area (Å²) in [6, 6.07) is 10.5. The smallest absolute Gasteiger partial charge is 0.170 e. The van der Waals surface area contributed by atoms with Gasteiger partial charge in [-0.1, -0.05) is 39.7 Å². The van der Waals surface area contributed by atoms with Crippen molar-refractivity contribution in [2.45, 2.75) is 20.3 Å². The molecule has 0 aliphatic heterocycles. The second-order valence-electron chi connectivity index (χ2n) is 4.65. The van der Waals surface area contributed by atoms with Gasteiger partial charge in [0, 0.05) is 10.9 Å². The Bertz CT molecular complexity index is 635. The van der Waals surface area contributed by atoms with Crippen LogP contribution in [-0.4, -0.2) is 5.78 Å². The Morgan fingerprint density at radius 1 is 1.16 bits per heavy atom. The number of Topliss-reactive ketones (excluding diaryl/α,β-unsaturated/α-hetero) is 1. The average Bonchev–Trinajstić information content (AvgIpc) is 2.33. The fraction of sp³-hybridized carbons (Fsp3) is 0.188. The van der Waals surface area contributed by atoms with Crippen LogP contribution in [0.5, 0.6) is 0 Å². The maximum Gasteiger partial charge on any atom is 0.170 e. The topological polar surface area (TPSA) is 17.1 Å². The van der Waals surface area contributed by atoms with Gasteiger partial charge in [0.05, 0.1) is 5.56 Å². The quantitative estimate of drug-likeness (QED) is 0.753. The van der Waals surface area contributed by atoms with Gasteiger partial charge in [-0.15, -0.1) is 0 Å². The van der Waals surface area contributed by atoms with E-state index in [1.54, 1.807) is 6.07 Å². The van der Waals surface area contributed by atoms with Gasteiger partial charge in [-0.2, -0.15) is 0 Å². The van der Waals surface area contributed by atoms with Gasteiger partial charge >= 0.3 is 0 Å². The van der Waals surface area contributed by atoms with Crippen LogP contribution in [0, 0.1) is 19.7 Å². The van der Waals surface area contributed by atoms with Gasteiger partial charge in [0.1, 0.15) is 5.82 Å². The minimum atomic E-state index is -0.482. The summed E-state index contributed by atoms with van der Waals surface area (Å²) in [4.78, 5) is 12.2. The molecule has 3 heteroatoms. The highest BCUT2D eigenvalue weighted by atomic mass is 79.9. The molecule has 2 aromatic carbocycles. The number of halogens is 2. The molecule has 2 aromatic rings. The predicted octanol–water partition coefficient (Wildman–Crippen LogP) is 4.63. The van der Waals surface area contributed by atoms with Gasteiger partial charge in [0.25, 0.3) is 0 Å². The van der Waals surface area contributed by atoms with E-state index in [1.165, 1.54) is 12.1 Å². The normalized spacial score (nSPS) is 10.5. The summed E-state index contributed by atoms with van der Waals surface area (Å²) in [7, 11) is 0. The fourth-order valence-electron chi connectivity index (χ4n) is 1.97. The highest BCUT2D eigenvalue weighted by molar-refractivity contribution is 9.10. The van der Waals surface area contributed by atoms with Crippen molar-refractivity contribution in [2.75, 3.05) is 0 Å². The van der Waals surface area contributed by atoms with Crippen molar-refractivity contribution in [3.05, 3.63) is 68.9 Å². The van der Waals surface area contributed by atoms with Crippen molar-refractivity contribution >= 4 is 21.7 Å². The lowest BCUT2D eigenvalue weighted by Gasteiger charge is -2.07. The summed E-state index contributed by atoms with van der Waals surface area (Å²) in [6.45, 7) is 3.94. The van der Waals surface area contributed by atoms with E-state index in [4.69, 9.17) is 0 Å². The molecule has 1 nitrogen and oxygen atoms in total. The van der Waals surface area contributed by atoms with E-state index in [-0.39, 0.29) is 17.8 Å². The number of hydrogen-bond acceptors (Lipinski definition) is 1. The molecule has 0 heterocycles. The second-order valence-corrected chi connectivity index (χ2v) is 5.57. The first-order valence-corrected chi connectivity index (χ1v) is 6.81. The molecule has 0 atom stereocenters. The van der Waals surface area contributed by atoms with Gasteiger partial charge in [0.15, 0.2) is 5.78 Å². The maximum absolute atomic E-state index is 13.7. The molecule has 0 N–H and O–H groups in total. The molecule has 0 unspecified atom stereocenters. The molecule has 0 spiro atoms. The summed E-state index contributed by atoms with van der Waals surface area (Å²) in [5.41, 5.74) is 3.25. The Morgan fingerprint density at radius 2 is 1.89 bits per heavy atom. The molecule has 0 aromatic heterocycles. The van der Waals surface area contributed by atoms with Crippen LogP contribution < -0.4 is 0 Å². The van der Waals surface area contributed by atoms with Crippen molar-refractivity contribution in [3.63, 3.8) is 0 Å². The molecule has 0 saturated carbocycles. The minimum absolute atomic E-state index is 0.143. The molecule has 0 saturated heterocycles. The van der Waals surface area contributed by atoms with Crippen LogP contribution in [0.2, 0.25) is 0 Å². The lowest BCUT2D eigenvalue weighted by atomic mass is 9.97. The Kier molecular flexibility index (Phi) is 4.15. The summed E-state index contributed by atoms with van der Waals surface area (Å²) >= 11 is 3.18. The number of carbonyl (C=O) groups is 1. The number of benzene rings is 2. The molecule has 19 heavy (non-hydrogen) atoms. The maximum atomic E-state index is 13.7. The number of aryl methyl sites for hydroxylation is 2. The van der Waals surface area contributed by atoms with Crippen molar-refractivity contribution in [2.24, 2.45) is 0 Å². The van der Waals surface area contributed by atoms with Crippen LogP contribution in [-0.2, 0) is 6.42 Å². The molecule has 0 fully saturated rings. The first-order chi connectivity index (χ1) is 8.97. The molecule has 0 aliphatic carbocycles. The van der Waals surface area contributed by atoms with Crippen LogP contribution in [0.25, 0.3) is 0 Å². The zero-order chi connectivity index (χ0) is 14.0.